The molecule has 0 bridgehead atoms. The van der Waals surface area contributed by atoms with Crippen molar-refractivity contribution in [2.45, 2.75) is 0 Å². The quantitative estimate of drug-likeness (QED) is 0.157. The first-order valence-electron chi connectivity index (χ1n) is 21.5. The Morgan fingerprint density at radius 3 is 1.84 bits per heavy atom. The molecule has 13 aromatic rings. The van der Waals surface area contributed by atoms with Gasteiger partial charge in [-0.1, -0.05) is 146 Å². The van der Waals surface area contributed by atoms with Crippen molar-refractivity contribution in [2.24, 2.45) is 0 Å². The van der Waals surface area contributed by atoms with E-state index in [0.29, 0.717) is 0 Å². The molecule has 0 unspecified atom stereocenters. The van der Waals surface area contributed by atoms with Gasteiger partial charge in [0, 0.05) is 63.2 Å². The molecule has 6 heteroatoms. The van der Waals surface area contributed by atoms with E-state index in [2.05, 4.69) is 190 Å². The second-order valence-corrected chi connectivity index (χ2v) is 16.3. The first-order valence-corrected chi connectivity index (χ1v) is 21.5. The van der Waals surface area contributed by atoms with Crippen molar-refractivity contribution in [3.63, 3.8) is 0 Å². The van der Waals surface area contributed by atoms with Crippen molar-refractivity contribution in [1.82, 2.24) is 28.9 Å². The molecule has 0 amide bonds. The van der Waals surface area contributed by atoms with Crippen LogP contribution in [0, 0.1) is 0 Å². The Morgan fingerprint density at radius 2 is 1.05 bits per heavy atom. The lowest BCUT2D eigenvalue weighted by molar-refractivity contribution is 1.05. The molecule has 0 fully saturated rings. The number of hydrogen-bond acceptors (Lipinski definition) is 4. The van der Waals surface area contributed by atoms with E-state index in [9.17, 15) is 0 Å². The van der Waals surface area contributed by atoms with Crippen LogP contribution >= 0.6 is 0 Å². The van der Waals surface area contributed by atoms with Gasteiger partial charge in [-0.3, -0.25) is 18.9 Å². The van der Waals surface area contributed by atoms with Crippen LogP contribution in [0.2, 0.25) is 0 Å². The maximum atomic E-state index is 5.28. The van der Waals surface area contributed by atoms with E-state index < -0.39 is 0 Å². The first kappa shape index (κ1) is 36.0. The maximum Gasteiger partial charge on any atom is 0.137 e. The molecule has 0 aliphatic carbocycles. The molecule has 0 spiro atoms. The fourth-order valence-electron chi connectivity index (χ4n) is 9.73. The van der Waals surface area contributed by atoms with Crippen LogP contribution in [0.3, 0.4) is 0 Å². The fraction of sp³-hybridized carbons (Fsp3) is 0. The van der Waals surface area contributed by atoms with Crippen LogP contribution in [0.1, 0.15) is 0 Å². The molecule has 7 aromatic carbocycles. The van der Waals surface area contributed by atoms with Crippen molar-refractivity contribution in [2.75, 3.05) is 0 Å². The summed E-state index contributed by atoms with van der Waals surface area (Å²) in [7, 11) is 0. The Labute approximate surface area is 368 Å². The molecule has 0 N–H and O–H groups in total. The third kappa shape index (κ3) is 5.66. The minimum atomic E-state index is 0.831. The summed E-state index contributed by atoms with van der Waals surface area (Å²) >= 11 is 0. The summed E-state index contributed by atoms with van der Waals surface area (Å²) in [5, 5.41) is 8.11. The van der Waals surface area contributed by atoms with E-state index in [1.807, 2.05) is 42.9 Å². The largest absolute Gasteiger partial charge is 0.299 e. The smallest absolute Gasteiger partial charge is 0.137 e. The highest BCUT2D eigenvalue weighted by Gasteiger charge is 2.25. The number of pyridine rings is 4. The van der Waals surface area contributed by atoms with Crippen LogP contribution in [-0.2, 0) is 0 Å². The minimum absolute atomic E-state index is 0.831. The molecule has 0 aliphatic rings. The first-order chi connectivity index (χ1) is 31.7. The summed E-state index contributed by atoms with van der Waals surface area (Å²) in [6.07, 6.45) is 7.86. The number of imidazole rings is 1. The van der Waals surface area contributed by atoms with Gasteiger partial charge >= 0.3 is 0 Å². The number of aromatic nitrogens is 6. The Balaban J connectivity index is 1.00. The number of fused-ring (bicyclic) bond motifs is 9. The van der Waals surface area contributed by atoms with Gasteiger partial charge in [0.05, 0.1) is 33.6 Å². The SMILES string of the molecule is c1ccc(-c2c(-c3ccccc3)n(-c3ccc(-c4nc5ccccn5c4-c4ccccc4)cn3)c3ccc4c5ccc(-c6cnc7c(ccc8cccnc87)c6)cc5ccc4c23)cc1. The van der Waals surface area contributed by atoms with Gasteiger partial charge in [0.2, 0.25) is 0 Å². The predicted octanol–water partition coefficient (Wildman–Crippen LogP) is 14.4. The van der Waals surface area contributed by atoms with E-state index in [-0.39, 0.29) is 0 Å². The number of hydrogen-bond donors (Lipinski definition) is 0. The van der Waals surface area contributed by atoms with E-state index >= 15 is 0 Å². The van der Waals surface area contributed by atoms with Crippen molar-refractivity contribution in [1.29, 1.82) is 0 Å². The molecule has 64 heavy (non-hydrogen) atoms. The lowest BCUT2D eigenvalue weighted by atomic mass is 9.92. The van der Waals surface area contributed by atoms with Crippen LogP contribution in [-0.4, -0.2) is 28.9 Å². The summed E-state index contributed by atoms with van der Waals surface area (Å²) < 4.78 is 4.50. The second-order valence-electron chi connectivity index (χ2n) is 16.3. The molecule has 13 rings (SSSR count). The number of benzene rings is 7. The maximum absolute atomic E-state index is 5.28. The summed E-state index contributed by atoms with van der Waals surface area (Å²) in [6.45, 7) is 0. The van der Waals surface area contributed by atoms with E-state index in [0.717, 1.165) is 89.3 Å². The summed E-state index contributed by atoms with van der Waals surface area (Å²) in [5.74, 6) is 0.831. The molecule has 0 saturated carbocycles. The molecule has 6 nitrogen and oxygen atoms in total. The summed E-state index contributed by atoms with van der Waals surface area (Å²) in [4.78, 5) is 20.0. The molecular formula is C58H36N6. The zero-order valence-corrected chi connectivity index (χ0v) is 34.5. The molecule has 6 aromatic heterocycles. The third-order valence-corrected chi connectivity index (χ3v) is 12.6. The van der Waals surface area contributed by atoms with Crippen LogP contribution < -0.4 is 0 Å². The van der Waals surface area contributed by atoms with E-state index in [1.54, 1.807) is 0 Å². The molecule has 0 saturated heterocycles. The number of nitrogens with zero attached hydrogens (tertiary/aromatic N) is 6. The lowest BCUT2D eigenvalue weighted by Crippen LogP contribution is -2.00. The standard InChI is InChI=1S/C58H36N6/c1-4-13-37(14-5-1)52-53-48-27-24-42-33-41(45-34-43-22-21-38-19-12-31-59-54(38)55(43)61-36-45)23-26-46(42)47(48)28-29-49(53)64(57(52)39-15-6-2-7-16-39)50-30-25-44(35-60-50)56-58(40-17-8-3-9-18-40)63-32-11-10-20-51(63)62-56/h1-36H. The minimum Gasteiger partial charge on any atom is -0.299 e. The van der Waals surface area contributed by atoms with Gasteiger partial charge < -0.3 is 0 Å². The Kier molecular flexibility index (Phi) is 8.11. The topological polar surface area (TPSA) is 60.9 Å². The average molecular weight is 817 g/mol. The predicted molar refractivity (Wildman–Crippen MR) is 263 cm³/mol. The van der Waals surface area contributed by atoms with Gasteiger partial charge in [0.1, 0.15) is 11.5 Å². The molecule has 0 atom stereocenters. The van der Waals surface area contributed by atoms with Gasteiger partial charge in [-0.25, -0.2) is 9.97 Å². The van der Waals surface area contributed by atoms with Crippen molar-refractivity contribution >= 4 is 59.9 Å². The van der Waals surface area contributed by atoms with Crippen molar-refractivity contribution in [3.05, 3.63) is 219 Å². The molecule has 0 radical (unpaired) electrons. The zero-order valence-electron chi connectivity index (χ0n) is 34.5. The Hall–Kier alpha value is -8.74. The zero-order chi connectivity index (χ0) is 42.1. The van der Waals surface area contributed by atoms with Gasteiger partial charge in [-0.15, -0.1) is 0 Å². The second kappa shape index (κ2) is 14.4. The monoisotopic (exact) mass is 816 g/mol. The highest BCUT2D eigenvalue weighted by molar-refractivity contribution is 6.23. The molecular weight excluding hydrogens is 781 g/mol. The van der Waals surface area contributed by atoms with Crippen molar-refractivity contribution in [3.8, 4) is 61.8 Å². The third-order valence-electron chi connectivity index (χ3n) is 12.6. The number of rotatable bonds is 6. The Morgan fingerprint density at radius 1 is 0.391 bits per heavy atom. The van der Waals surface area contributed by atoms with Crippen LogP contribution in [0.5, 0.6) is 0 Å². The van der Waals surface area contributed by atoms with E-state index in [4.69, 9.17) is 15.0 Å². The molecule has 0 aliphatic heterocycles. The van der Waals surface area contributed by atoms with Gasteiger partial charge in [0.15, 0.2) is 0 Å². The summed E-state index contributed by atoms with van der Waals surface area (Å²) in [5.41, 5.74) is 14.5. The van der Waals surface area contributed by atoms with E-state index in [1.165, 1.54) is 32.5 Å². The highest BCUT2D eigenvalue weighted by Crippen LogP contribution is 2.47. The molecule has 6 heterocycles. The Bertz CT molecular complexity index is 3930. The van der Waals surface area contributed by atoms with Gasteiger partial charge in [-0.05, 0) is 86.8 Å². The molecule has 298 valence electrons. The van der Waals surface area contributed by atoms with Crippen LogP contribution in [0.15, 0.2) is 219 Å². The van der Waals surface area contributed by atoms with Crippen LogP contribution in [0.4, 0.5) is 0 Å². The van der Waals surface area contributed by atoms with Gasteiger partial charge in [-0.2, -0.15) is 0 Å². The normalized spacial score (nSPS) is 11.8. The van der Waals surface area contributed by atoms with Crippen LogP contribution in [0.25, 0.3) is 122 Å². The summed E-state index contributed by atoms with van der Waals surface area (Å²) in [6, 6.07) is 68.9. The van der Waals surface area contributed by atoms with Gasteiger partial charge in [0.25, 0.3) is 0 Å². The lowest BCUT2D eigenvalue weighted by Gasteiger charge is -2.13. The fourth-order valence-corrected chi connectivity index (χ4v) is 9.73. The van der Waals surface area contributed by atoms with Crippen molar-refractivity contribution < 1.29 is 0 Å². The highest BCUT2D eigenvalue weighted by atomic mass is 15.1. The average Bonchev–Trinajstić information content (AvgIpc) is 3.94.